The molecule has 1 aromatic heterocycles. The Kier molecular flexibility index (Phi) is 7.50. The highest BCUT2D eigenvalue weighted by molar-refractivity contribution is 5.77. The lowest BCUT2D eigenvalue weighted by molar-refractivity contribution is 0.613. The van der Waals surface area contributed by atoms with E-state index in [9.17, 15) is 0 Å². The maximum Gasteiger partial charge on any atom is 0.227 e. The van der Waals surface area contributed by atoms with Crippen LogP contribution in [0.3, 0.4) is 0 Å². The van der Waals surface area contributed by atoms with Crippen molar-refractivity contribution in [1.82, 2.24) is 4.98 Å². The largest absolute Gasteiger partial charge is 0.436 e. The molecule has 3 aromatic rings. The number of fused-ring (bicyclic) bond motifs is 1. The van der Waals surface area contributed by atoms with Crippen molar-refractivity contribution in [3.05, 3.63) is 53.6 Å². The molecule has 27 heavy (non-hydrogen) atoms. The van der Waals surface area contributed by atoms with Crippen LogP contribution in [-0.4, -0.2) is 4.98 Å². The van der Waals surface area contributed by atoms with Gasteiger partial charge in [0.2, 0.25) is 5.89 Å². The number of benzene rings is 2. The smallest absolute Gasteiger partial charge is 0.227 e. The number of aryl methyl sites for hydroxylation is 2. The maximum absolute atomic E-state index is 6.18. The number of para-hydroxylation sites is 2. The summed E-state index contributed by atoms with van der Waals surface area (Å²) < 4.78 is 6.18. The molecule has 0 N–H and O–H groups in total. The van der Waals surface area contributed by atoms with Crippen LogP contribution < -0.4 is 0 Å². The molecule has 0 aliphatic carbocycles. The number of unbranched alkanes of at least 4 members (excludes halogenated alkanes) is 6. The van der Waals surface area contributed by atoms with Gasteiger partial charge in [0, 0.05) is 5.56 Å². The Morgan fingerprint density at radius 3 is 1.93 bits per heavy atom. The number of oxazole rings is 1. The molecule has 0 aliphatic rings. The summed E-state index contributed by atoms with van der Waals surface area (Å²) >= 11 is 0. The van der Waals surface area contributed by atoms with Gasteiger partial charge in [0.1, 0.15) is 5.52 Å². The maximum atomic E-state index is 6.18. The average molecular weight is 364 g/mol. The van der Waals surface area contributed by atoms with Crippen molar-refractivity contribution >= 4 is 11.1 Å². The summed E-state index contributed by atoms with van der Waals surface area (Å²) in [5, 5.41) is 0. The minimum absolute atomic E-state index is 0.799. The summed E-state index contributed by atoms with van der Waals surface area (Å²) in [4.78, 5) is 4.83. The first-order chi connectivity index (χ1) is 13.3. The van der Waals surface area contributed by atoms with Crippen LogP contribution in [0.25, 0.3) is 22.6 Å². The third kappa shape index (κ3) is 5.22. The predicted octanol–water partition coefficient (Wildman–Crippen LogP) is 7.74. The molecule has 0 bridgehead atoms. The van der Waals surface area contributed by atoms with Crippen LogP contribution in [0.4, 0.5) is 0 Å². The van der Waals surface area contributed by atoms with Gasteiger partial charge in [0.25, 0.3) is 0 Å². The highest BCUT2D eigenvalue weighted by Gasteiger charge is 2.16. The number of hydrogen-bond acceptors (Lipinski definition) is 2. The van der Waals surface area contributed by atoms with Crippen molar-refractivity contribution in [2.45, 2.75) is 78.1 Å². The average Bonchev–Trinajstić information content (AvgIpc) is 3.12. The normalized spacial score (nSPS) is 11.3. The Bertz CT molecular complexity index is 770. The molecule has 0 amide bonds. The molecule has 3 rings (SSSR count). The summed E-state index contributed by atoms with van der Waals surface area (Å²) in [5.41, 5.74) is 5.87. The van der Waals surface area contributed by atoms with E-state index in [0.717, 1.165) is 29.8 Å². The molecule has 2 aromatic carbocycles. The molecule has 0 spiro atoms. The minimum atomic E-state index is 0.799. The summed E-state index contributed by atoms with van der Waals surface area (Å²) in [6.07, 6.45) is 12.5. The summed E-state index contributed by atoms with van der Waals surface area (Å²) in [7, 11) is 0. The second-order valence-electron chi connectivity index (χ2n) is 7.56. The third-order valence-corrected chi connectivity index (χ3v) is 5.34. The van der Waals surface area contributed by atoms with Crippen molar-refractivity contribution in [1.29, 1.82) is 0 Å². The number of hydrogen-bond donors (Lipinski definition) is 0. The second-order valence-corrected chi connectivity index (χ2v) is 7.56. The van der Waals surface area contributed by atoms with Crippen LogP contribution in [0.2, 0.25) is 0 Å². The van der Waals surface area contributed by atoms with E-state index in [0.29, 0.717) is 0 Å². The highest BCUT2D eigenvalue weighted by atomic mass is 16.3. The van der Waals surface area contributed by atoms with Gasteiger partial charge >= 0.3 is 0 Å². The van der Waals surface area contributed by atoms with E-state index in [1.807, 2.05) is 24.3 Å². The zero-order valence-corrected chi connectivity index (χ0v) is 17.0. The minimum Gasteiger partial charge on any atom is -0.436 e. The van der Waals surface area contributed by atoms with Crippen LogP contribution in [0.5, 0.6) is 0 Å². The Morgan fingerprint density at radius 2 is 1.33 bits per heavy atom. The number of rotatable bonds is 11. The van der Waals surface area contributed by atoms with Gasteiger partial charge in [-0.05, 0) is 48.9 Å². The van der Waals surface area contributed by atoms with E-state index in [4.69, 9.17) is 9.40 Å². The van der Waals surface area contributed by atoms with Gasteiger partial charge in [-0.1, -0.05) is 82.7 Å². The molecule has 0 atom stereocenters. The molecule has 144 valence electrons. The molecule has 0 saturated heterocycles. The molecule has 0 fully saturated rings. The van der Waals surface area contributed by atoms with E-state index in [1.165, 1.54) is 68.1 Å². The van der Waals surface area contributed by atoms with Gasteiger partial charge in [0.15, 0.2) is 5.58 Å². The Labute approximate surface area is 164 Å². The topological polar surface area (TPSA) is 26.0 Å². The lowest BCUT2D eigenvalue weighted by atomic mass is 9.93. The zero-order chi connectivity index (χ0) is 18.9. The van der Waals surface area contributed by atoms with Crippen LogP contribution in [-0.2, 0) is 12.8 Å². The fourth-order valence-electron chi connectivity index (χ4n) is 3.81. The standard InChI is InChI=1S/C25H33NO/c1-3-5-7-9-14-20-16-13-17-21(15-10-8-6-4-2)24(20)25-26-22-18-11-12-19-23(22)27-25/h11-13,16-19H,3-10,14-15H2,1-2H3. The van der Waals surface area contributed by atoms with Gasteiger partial charge in [-0.15, -0.1) is 0 Å². The number of nitrogens with zero attached hydrogens (tertiary/aromatic N) is 1. The van der Waals surface area contributed by atoms with Gasteiger partial charge in [-0.2, -0.15) is 0 Å². The first-order valence-electron chi connectivity index (χ1n) is 10.8. The fourth-order valence-corrected chi connectivity index (χ4v) is 3.81. The SMILES string of the molecule is CCCCCCc1cccc(CCCCCC)c1-c1nc2ccccc2o1. The van der Waals surface area contributed by atoms with Gasteiger partial charge in [-0.25, -0.2) is 4.98 Å². The van der Waals surface area contributed by atoms with Crippen LogP contribution in [0, 0.1) is 0 Å². The van der Waals surface area contributed by atoms with Crippen molar-refractivity contribution in [2.24, 2.45) is 0 Å². The third-order valence-electron chi connectivity index (χ3n) is 5.34. The fraction of sp³-hybridized carbons (Fsp3) is 0.480. The van der Waals surface area contributed by atoms with Gasteiger partial charge < -0.3 is 4.42 Å². The predicted molar refractivity (Wildman–Crippen MR) is 115 cm³/mol. The lowest BCUT2D eigenvalue weighted by Gasteiger charge is -2.13. The first-order valence-corrected chi connectivity index (χ1v) is 10.8. The van der Waals surface area contributed by atoms with Crippen molar-refractivity contribution in [3.8, 4) is 11.5 Å². The second kappa shape index (κ2) is 10.3. The van der Waals surface area contributed by atoms with Gasteiger partial charge in [-0.3, -0.25) is 0 Å². The quantitative estimate of drug-likeness (QED) is 0.326. The number of aromatic nitrogens is 1. The molecular weight excluding hydrogens is 330 g/mol. The van der Waals surface area contributed by atoms with Crippen molar-refractivity contribution < 1.29 is 4.42 Å². The summed E-state index contributed by atoms with van der Waals surface area (Å²) in [5.74, 6) is 0.799. The van der Waals surface area contributed by atoms with E-state index in [2.05, 4.69) is 32.0 Å². The molecule has 0 saturated carbocycles. The Hall–Kier alpha value is -2.09. The van der Waals surface area contributed by atoms with E-state index < -0.39 is 0 Å². The summed E-state index contributed by atoms with van der Waals surface area (Å²) in [6, 6.07) is 14.8. The summed E-state index contributed by atoms with van der Waals surface area (Å²) in [6.45, 7) is 4.53. The van der Waals surface area contributed by atoms with Crippen molar-refractivity contribution in [3.63, 3.8) is 0 Å². The zero-order valence-electron chi connectivity index (χ0n) is 17.0. The lowest BCUT2D eigenvalue weighted by Crippen LogP contribution is -1.98. The molecule has 0 aliphatic heterocycles. The van der Waals surface area contributed by atoms with Crippen molar-refractivity contribution in [2.75, 3.05) is 0 Å². The van der Waals surface area contributed by atoms with Crippen LogP contribution >= 0.6 is 0 Å². The Morgan fingerprint density at radius 1 is 0.704 bits per heavy atom. The van der Waals surface area contributed by atoms with E-state index in [-0.39, 0.29) is 0 Å². The highest BCUT2D eigenvalue weighted by Crippen LogP contribution is 2.32. The first kappa shape index (κ1) is 19.7. The van der Waals surface area contributed by atoms with E-state index >= 15 is 0 Å². The molecular formula is C25H33NO. The van der Waals surface area contributed by atoms with Crippen LogP contribution in [0.15, 0.2) is 46.9 Å². The monoisotopic (exact) mass is 363 g/mol. The molecule has 1 heterocycles. The van der Waals surface area contributed by atoms with Crippen LogP contribution in [0.1, 0.15) is 76.3 Å². The molecule has 2 heteroatoms. The van der Waals surface area contributed by atoms with E-state index in [1.54, 1.807) is 0 Å². The molecule has 2 nitrogen and oxygen atoms in total. The molecule has 0 radical (unpaired) electrons. The molecule has 0 unspecified atom stereocenters. The van der Waals surface area contributed by atoms with Gasteiger partial charge in [0.05, 0.1) is 0 Å². The Balaban J connectivity index is 1.90.